The van der Waals surface area contributed by atoms with Crippen molar-refractivity contribution in [2.24, 2.45) is 17.8 Å². The van der Waals surface area contributed by atoms with Crippen LogP contribution in [0.1, 0.15) is 81.8 Å². The van der Waals surface area contributed by atoms with Crippen molar-refractivity contribution in [2.75, 3.05) is 51.3 Å². The number of hydrogen-bond acceptors (Lipinski definition) is 6. The lowest BCUT2D eigenvalue weighted by molar-refractivity contribution is -0.274. The third kappa shape index (κ3) is 7.55. The second-order valence-corrected chi connectivity index (χ2v) is 14.9. The van der Waals surface area contributed by atoms with Gasteiger partial charge in [-0.25, -0.2) is 4.39 Å². The summed E-state index contributed by atoms with van der Waals surface area (Å²) < 4.78 is 67.2. The van der Waals surface area contributed by atoms with Crippen molar-refractivity contribution in [1.29, 1.82) is 0 Å². The van der Waals surface area contributed by atoms with E-state index in [4.69, 9.17) is 4.74 Å². The number of carboxylic acids is 1. The first-order chi connectivity index (χ1) is 23.8. The number of anilines is 1. The molecule has 0 radical (unpaired) electrons. The normalized spacial score (nSPS) is 29.7. The fourth-order valence-corrected chi connectivity index (χ4v) is 8.90. The Bertz CT molecular complexity index is 1510. The number of benzene rings is 2. The van der Waals surface area contributed by atoms with Crippen molar-refractivity contribution in [3.05, 3.63) is 53.6 Å². The monoisotopic (exact) mass is 703 g/mol. The highest BCUT2D eigenvalue weighted by molar-refractivity contribution is 5.88. The maximum atomic E-state index is 17.8. The molecule has 2 aromatic carbocycles. The number of hydrogen-bond donors (Lipinski definition) is 1. The van der Waals surface area contributed by atoms with Gasteiger partial charge in [0, 0.05) is 68.9 Å². The lowest BCUT2D eigenvalue weighted by Crippen LogP contribution is -2.50. The number of halogens is 4. The lowest BCUT2D eigenvalue weighted by Gasteiger charge is -2.35. The number of likely N-dealkylation sites (tertiary alicyclic amines) is 2. The van der Waals surface area contributed by atoms with E-state index in [0.29, 0.717) is 62.8 Å². The molecule has 1 saturated carbocycles. The zero-order chi connectivity index (χ0) is 35.8. The quantitative estimate of drug-likeness (QED) is 0.276. The molecule has 0 bridgehead atoms. The first-order valence-electron chi connectivity index (χ1n) is 18.0. The molecule has 0 spiro atoms. The van der Waals surface area contributed by atoms with Crippen LogP contribution >= 0.6 is 0 Å². The van der Waals surface area contributed by atoms with Gasteiger partial charge < -0.3 is 24.4 Å². The molecule has 2 aromatic rings. The molecule has 1 N–H and O–H groups in total. The van der Waals surface area contributed by atoms with Crippen LogP contribution < -0.4 is 14.4 Å². The van der Waals surface area contributed by atoms with E-state index in [9.17, 15) is 27.9 Å². The lowest BCUT2D eigenvalue weighted by atomic mass is 9.85. The molecule has 50 heavy (non-hydrogen) atoms. The van der Waals surface area contributed by atoms with Crippen molar-refractivity contribution in [2.45, 2.75) is 88.7 Å². The van der Waals surface area contributed by atoms with Crippen molar-refractivity contribution < 1.29 is 41.7 Å². The molecule has 4 aliphatic rings. The van der Waals surface area contributed by atoms with Gasteiger partial charge in [0.1, 0.15) is 11.5 Å². The number of piperidine rings is 1. The summed E-state index contributed by atoms with van der Waals surface area (Å²) in [6, 6.07) is 11.8. The van der Waals surface area contributed by atoms with Gasteiger partial charge in [0.15, 0.2) is 0 Å². The average Bonchev–Trinajstić information content (AvgIpc) is 3.69. The van der Waals surface area contributed by atoms with E-state index in [0.717, 1.165) is 36.8 Å². The minimum absolute atomic E-state index is 0.0206. The molecule has 0 unspecified atom stereocenters. The molecule has 4 atom stereocenters. The summed E-state index contributed by atoms with van der Waals surface area (Å²) >= 11 is 0. The zero-order valence-electron chi connectivity index (χ0n) is 29.1. The number of amides is 1. The third-order valence-corrected chi connectivity index (χ3v) is 11.9. The summed E-state index contributed by atoms with van der Waals surface area (Å²) in [6.07, 6.45) is 0.642. The maximum absolute atomic E-state index is 17.8. The average molecular weight is 704 g/mol. The molecule has 12 heteroatoms. The van der Waals surface area contributed by atoms with Gasteiger partial charge in [-0.3, -0.25) is 14.5 Å². The van der Waals surface area contributed by atoms with E-state index in [1.54, 1.807) is 30.2 Å². The number of aliphatic carboxylic acids is 1. The summed E-state index contributed by atoms with van der Waals surface area (Å²) in [4.78, 5) is 32.0. The van der Waals surface area contributed by atoms with Crippen LogP contribution in [0.2, 0.25) is 0 Å². The zero-order valence-corrected chi connectivity index (χ0v) is 29.1. The topological polar surface area (TPSA) is 82.6 Å². The van der Waals surface area contributed by atoms with Gasteiger partial charge in [0.05, 0.1) is 13.0 Å². The number of carboxylic acid groups (broad SMARTS) is 1. The van der Waals surface area contributed by atoms with E-state index in [-0.39, 0.29) is 36.7 Å². The molecule has 4 fully saturated rings. The van der Waals surface area contributed by atoms with Gasteiger partial charge >= 0.3 is 12.3 Å². The number of methoxy groups -OCH3 is 1. The highest BCUT2D eigenvalue weighted by Gasteiger charge is 2.57. The number of alkyl halides is 4. The van der Waals surface area contributed by atoms with Gasteiger partial charge in [-0.05, 0) is 79.7 Å². The van der Waals surface area contributed by atoms with Gasteiger partial charge in [0.2, 0.25) is 5.67 Å². The van der Waals surface area contributed by atoms with E-state index < -0.39 is 35.7 Å². The Kier molecular flexibility index (Phi) is 10.6. The summed E-state index contributed by atoms with van der Waals surface area (Å²) in [6.45, 7) is 6.01. The van der Waals surface area contributed by atoms with Crippen LogP contribution in [0.4, 0.5) is 23.2 Å². The molecule has 1 amide bonds. The maximum Gasteiger partial charge on any atom is 0.573 e. The van der Waals surface area contributed by atoms with Crippen LogP contribution in [0, 0.1) is 17.8 Å². The van der Waals surface area contributed by atoms with Crippen molar-refractivity contribution >= 4 is 17.6 Å². The minimum atomic E-state index is -4.88. The Labute approximate surface area is 291 Å². The first-order valence-corrected chi connectivity index (χ1v) is 18.0. The molecule has 1 aliphatic carbocycles. The molecular weight excluding hydrogens is 654 g/mol. The van der Waals surface area contributed by atoms with Crippen molar-refractivity contribution in [3.63, 3.8) is 0 Å². The molecule has 8 nitrogen and oxygen atoms in total. The first kappa shape index (κ1) is 36.3. The number of nitrogens with zero attached hydrogens (tertiary/aromatic N) is 3. The molecule has 3 aliphatic heterocycles. The Morgan fingerprint density at radius 1 is 0.940 bits per heavy atom. The van der Waals surface area contributed by atoms with Gasteiger partial charge in [-0.2, -0.15) is 0 Å². The standard InChI is InChI=1S/C38H49F4N3O5/c1-4-25-20-44(21-32(25)31-14-13-30(50-38(40,41)42)19-34(31)43-17-15-27(16-18-43)35(46)47)36(48)37(39)23-45(28-9-5-24(2)6-10-28)22-33(37)26-7-11-29(49-3)12-8-26/h7-8,11-14,19,24-25,27-28,32-33H,4-6,9-10,15-18,20-23H2,1-3H3,(H,46,47)/t24?,25-,28?,32-,33-,37-/m0/s1. The second kappa shape index (κ2) is 14.6. The van der Waals surface area contributed by atoms with Gasteiger partial charge in [-0.15, -0.1) is 13.2 Å². The summed E-state index contributed by atoms with van der Waals surface area (Å²) in [5.74, 6) is -1.97. The fraction of sp³-hybridized carbons (Fsp3) is 0.632. The number of rotatable bonds is 9. The van der Waals surface area contributed by atoms with Gasteiger partial charge in [0.25, 0.3) is 5.91 Å². The SMILES string of the molecule is CC[C@H]1CN(C(=O)[C@]2(F)CN(C3CCC(C)CC3)C[C@H]2c2ccc(OC)cc2)C[C@@H]1c1ccc(OC(F)(F)F)cc1N1CCC(C(=O)O)CC1. The van der Waals surface area contributed by atoms with Gasteiger partial charge in [-0.1, -0.05) is 38.5 Å². The van der Waals surface area contributed by atoms with Crippen molar-refractivity contribution in [1.82, 2.24) is 9.80 Å². The molecule has 3 saturated heterocycles. The third-order valence-electron chi connectivity index (χ3n) is 11.9. The summed E-state index contributed by atoms with van der Waals surface area (Å²) in [7, 11) is 1.58. The van der Waals surface area contributed by atoms with Crippen LogP contribution in [0.15, 0.2) is 42.5 Å². The van der Waals surface area contributed by atoms with Crippen LogP contribution in [0.3, 0.4) is 0 Å². The fourth-order valence-electron chi connectivity index (χ4n) is 8.90. The molecule has 274 valence electrons. The predicted octanol–water partition coefficient (Wildman–Crippen LogP) is 7.23. The Hall–Kier alpha value is -3.54. The highest BCUT2D eigenvalue weighted by Crippen LogP contribution is 2.47. The van der Waals surface area contributed by atoms with Crippen LogP contribution in [-0.4, -0.2) is 91.2 Å². The highest BCUT2D eigenvalue weighted by atomic mass is 19.4. The number of ether oxygens (including phenoxy) is 2. The smallest absolute Gasteiger partial charge is 0.497 e. The molecule has 3 heterocycles. The van der Waals surface area contributed by atoms with E-state index in [2.05, 4.69) is 16.6 Å². The second-order valence-electron chi connectivity index (χ2n) is 14.9. The summed E-state index contributed by atoms with van der Waals surface area (Å²) in [5, 5.41) is 9.53. The molecule has 0 aromatic heterocycles. The van der Waals surface area contributed by atoms with Crippen LogP contribution in [0.25, 0.3) is 0 Å². The minimum Gasteiger partial charge on any atom is -0.497 e. The predicted molar refractivity (Wildman–Crippen MR) is 181 cm³/mol. The summed E-state index contributed by atoms with van der Waals surface area (Å²) in [5.41, 5.74) is -0.0996. The molecule has 6 rings (SSSR count). The Morgan fingerprint density at radius 2 is 1.60 bits per heavy atom. The number of carbonyl (C=O) groups excluding carboxylic acids is 1. The largest absolute Gasteiger partial charge is 0.573 e. The van der Waals surface area contributed by atoms with Crippen LogP contribution in [0.5, 0.6) is 11.5 Å². The Morgan fingerprint density at radius 3 is 2.20 bits per heavy atom. The van der Waals surface area contributed by atoms with E-state index in [1.807, 2.05) is 24.0 Å². The van der Waals surface area contributed by atoms with E-state index >= 15 is 4.39 Å². The van der Waals surface area contributed by atoms with Crippen LogP contribution in [-0.2, 0) is 9.59 Å². The van der Waals surface area contributed by atoms with E-state index in [1.165, 1.54) is 12.1 Å². The van der Waals surface area contributed by atoms with Crippen molar-refractivity contribution in [3.8, 4) is 11.5 Å². The number of carbonyl (C=O) groups is 2. The molecular formula is C38H49F4N3O5. The Balaban J connectivity index is 1.29.